The molecule has 0 N–H and O–H groups in total. The predicted octanol–water partition coefficient (Wildman–Crippen LogP) is 6.06. The third kappa shape index (κ3) is 7.03. The third-order valence-electron chi connectivity index (χ3n) is 6.20. The van der Waals surface area contributed by atoms with Crippen molar-refractivity contribution in [3.05, 3.63) is 88.1 Å². The van der Waals surface area contributed by atoms with E-state index in [1.54, 1.807) is 28.4 Å². The minimum Gasteiger partial charge on any atom is -0.332 e. The zero-order valence-electron chi connectivity index (χ0n) is 21.3. The maximum Gasteiger partial charge on any atom is 0.243 e. The average Bonchev–Trinajstić information content (AvgIpc) is 3.35. The molecule has 0 aliphatic rings. The third-order valence-corrected chi connectivity index (χ3v) is 9.03. The first-order valence-electron chi connectivity index (χ1n) is 12.0. The second-order valence-corrected chi connectivity index (χ2v) is 12.8. The van der Waals surface area contributed by atoms with Crippen LogP contribution in [0.5, 0.6) is 0 Å². The summed E-state index contributed by atoms with van der Waals surface area (Å²) in [5.41, 5.74) is 2.00. The number of sulfonamides is 1. The van der Waals surface area contributed by atoms with E-state index in [2.05, 4.69) is 20.8 Å². The van der Waals surface area contributed by atoms with E-state index < -0.39 is 10.0 Å². The van der Waals surface area contributed by atoms with Gasteiger partial charge in [0.15, 0.2) is 0 Å². The number of carbonyl (C=O) groups is 1. The molecule has 0 fully saturated rings. The second-order valence-electron chi connectivity index (χ2n) is 9.90. The smallest absolute Gasteiger partial charge is 0.243 e. The van der Waals surface area contributed by atoms with E-state index in [-0.39, 0.29) is 28.8 Å². The van der Waals surface area contributed by atoms with Gasteiger partial charge in [0, 0.05) is 17.5 Å². The summed E-state index contributed by atoms with van der Waals surface area (Å²) in [5.74, 6) is -0.211. The van der Waals surface area contributed by atoms with Crippen LogP contribution in [0.3, 0.4) is 0 Å². The molecule has 0 saturated carbocycles. The van der Waals surface area contributed by atoms with Crippen molar-refractivity contribution in [2.24, 2.45) is 0 Å². The lowest BCUT2D eigenvalue weighted by Gasteiger charge is -2.30. The number of rotatable bonds is 10. The molecule has 0 aliphatic carbocycles. The van der Waals surface area contributed by atoms with Crippen LogP contribution in [-0.4, -0.2) is 36.1 Å². The fourth-order valence-electron chi connectivity index (χ4n) is 3.80. The van der Waals surface area contributed by atoms with Crippen molar-refractivity contribution in [3.63, 3.8) is 0 Å². The van der Waals surface area contributed by atoms with E-state index in [0.29, 0.717) is 19.5 Å². The van der Waals surface area contributed by atoms with Crippen LogP contribution in [0.25, 0.3) is 0 Å². The Bertz CT molecular complexity index is 1180. The number of benzene rings is 2. The first-order valence-corrected chi connectivity index (χ1v) is 14.3. The summed E-state index contributed by atoms with van der Waals surface area (Å²) in [4.78, 5) is 16.6. The molecule has 5 nitrogen and oxygen atoms in total. The molecule has 0 radical (unpaired) electrons. The Morgan fingerprint density at radius 2 is 1.60 bits per heavy atom. The topological polar surface area (TPSA) is 57.7 Å². The Morgan fingerprint density at radius 1 is 0.943 bits per heavy atom. The fourth-order valence-corrected chi connectivity index (χ4v) is 6.18. The number of amides is 1. The van der Waals surface area contributed by atoms with Gasteiger partial charge in [-0.25, -0.2) is 8.42 Å². The van der Waals surface area contributed by atoms with Crippen molar-refractivity contribution in [1.29, 1.82) is 0 Å². The van der Waals surface area contributed by atoms with Crippen molar-refractivity contribution in [2.45, 2.75) is 70.5 Å². The number of carbonyl (C=O) groups excluding carboxylic acids is 1. The SMILES string of the molecule is CCC(C)N(CC(=O)N(Cc1ccccc1)Cc1cccs1)S(=O)(=O)c1ccc(C(C)(C)C)cc1. The standard InChI is InChI=1S/C28H36N2O3S2/c1-6-22(2)30(35(32,33)26-16-14-24(15-17-26)28(3,4)5)21-27(31)29(20-25-13-10-18-34-25)19-23-11-8-7-9-12-23/h7-18,22H,6,19-21H2,1-5H3. The van der Waals surface area contributed by atoms with Crippen LogP contribution in [0.15, 0.2) is 77.0 Å². The number of hydrogen-bond donors (Lipinski definition) is 0. The molecule has 1 atom stereocenters. The summed E-state index contributed by atoms with van der Waals surface area (Å²) in [5, 5.41) is 1.98. The van der Waals surface area contributed by atoms with E-state index in [4.69, 9.17) is 0 Å². The fraction of sp³-hybridized carbons (Fsp3) is 0.393. The summed E-state index contributed by atoms with van der Waals surface area (Å²) in [6.07, 6.45) is 0.607. The Labute approximate surface area is 214 Å². The van der Waals surface area contributed by atoms with Gasteiger partial charge in [-0.2, -0.15) is 4.31 Å². The van der Waals surface area contributed by atoms with Gasteiger partial charge in [0.2, 0.25) is 15.9 Å². The van der Waals surface area contributed by atoms with Crippen molar-refractivity contribution in [1.82, 2.24) is 9.21 Å². The summed E-state index contributed by atoms with van der Waals surface area (Å²) in [7, 11) is -3.85. The van der Waals surface area contributed by atoms with E-state index >= 15 is 0 Å². The van der Waals surface area contributed by atoms with E-state index in [1.165, 1.54) is 4.31 Å². The Kier molecular flexibility index (Phi) is 8.91. The highest BCUT2D eigenvalue weighted by molar-refractivity contribution is 7.89. The number of thiophene rings is 1. The predicted molar refractivity (Wildman–Crippen MR) is 144 cm³/mol. The maximum atomic E-state index is 13.7. The van der Waals surface area contributed by atoms with Crippen molar-refractivity contribution in [3.8, 4) is 0 Å². The van der Waals surface area contributed by atoms with E-state index in [0.717, 1.165) is 16.0 Å². The highest BCUT2D eigenvalue weighted by atomic mass is 32.2. The van der Waals surface area contributed by atoms with Gasteiger partial charge in [-0.05, 0) is 53.5 Å². The first-order chi connectivity index (χ1) is 16.5. The molecule has 3 aromatic rings. The second kappa shape index (κ2) is 11.5. The summed E-state index contributed by atoms with van der Waals surface area (Å²) >= 11 is 1.59. The lowest BCUT2D eigenvalue weighted by Crippen LogP contribution is -2.46. The van der Waals surface area contributed by atoms with Crippen molar-refractivity contribution >= 4 is 27.3 Å². The van der Waals surface area contributed by atoms with Crippen LogP contribution >= 0.6 is 11.3 Å². The van der Waals surface area contributed by atoms with Gasteiger partial charge in [0.25, 0.3) is 0 Å². The lowest BCUT2D eigenvalue weighted by atomic mass is 9.87. The molecule has 0 saturated heterocycles. The van der Waals surface area contributed by atoms with Gasteiger partial charge in [-0.15, -0.1) is 11.3 Å². The average molecular weight is 513 g/mol. The molecule has 0 bridgehead atoms. The molecule has 1 aromatic heterocycles. The van der Waals surface area contributed by atoms with Gasteiger partial charge < -0.3 is 4.90 Å². The molecule has 0 aliphatic heterocycles. The molecule has 35 heavy (non-hydrogen) atoms. The molecule has 7 heteroatoms. The van der Waals surface area contributed by atoms with Crippen LogP contribution in [0.1, 0.15) is 57.0 Å². The summed E-state index contributed by atoms with van der Waals surface area (Å²) < 4.78 is 28.7. The van der Waals surface area contributed by atoms with E-state index in [1.807, 2.05) is 73.8 Å². The quantitative estimate of drug-likeness (QED) is 0.332. The zero-order valence-corrected chi connectivity index (χ0v) is 22.9. The Balaban J connectivity index is 1.89. The molecule has 3 rings (SSSR count). The lowest BCUT2D eigenvalue weighted by molar-refractivity contribution is -0.133. The van der Waals surface area contributed by atoms with Crippen LogP contribution in [0, 0.1) is 0 Å². The molecule has 188 valence electrons. The van der Waals surface area contributed by atoms with Gasteiger partial charge in [0.1, 0.15) is 0 Å². The molecule has 1 unspecified atom stereocenters. The molecule has 0 spiro atoms. The normalized spacial score (nSPS) is 13.1. The van der Waals surface area contributed by atoms with Crippen LogP contribution in [-0.2, 0) is 33.3 Å². The summed E-state index contributed by atoms with van der Waals surface area (Å²) in [6.45, 7) is 10.7. The molecule has 2 aromatic carbocycles. The van der Waals surface area contributed by atoms with Crippen molar-refractivity contribution in [2.75, 3.05) is 6.54 Å². The van der Waals surface area contributed by atoms with E-state index in [9.17, 15) is 13.2 Å². The minimum absolute atomic E-state index is 0.0750. The largest absolute Gasteiger partial charge is 0.332 e. The first kappa shape index (κ1) is 27.1. The van der Waals surface area contributed by atoms with Crippen LogP contribution < -0.4 is 0 Å². The number of hydrogen-bond acceptors (Lipinski definition) is 4. The molecular formula is C28H36N2O3S2. The van der Waals surface area contributed by atoms with Gasteiger partial charge in [-0.3, -0.25) is 4.79 Å². The monoisotopic (exact) mass is 512 g/mol. The maximum absolute atomic E-state index is 13.7. The van der Waals surface area contributed by atoms with Gasteiger partial charge in [0.05, 0.1) is 18.0 Å². The zero-order chi connectivity index (χ0) is 25.6. The van der Waals surface area contributed by atoms with Crippen molar-refractivity contribution < 1.29 is 13.2 Å². The number of nitrogens with zero attached hydrogens (tertiary/aromatic N) is 2. The molecular weight excluding hydrogens is 476 g/mol. The minimum atomic E-state index is -3.85. The Hall–Kier alpha value is -2.48. The molecule has 1 amide bonds. The highest BCUT2D eigenvalue weighted by Crippen LogP contribution is 2.26. The Morgan fingerprint density at radius 3 is 2.14 bits per heavy atom. The molecule has 1 heterocycles. The van der Waals surface area contributed by atoms with Gasteiger partial charge >= 0.3 is 0 Å². The highest BCUT2D eigenvalue weighted by Gasteiger charge is 2.32. The summed E-state index contributed by atoms with van der Waals surface area (Å²) in [6, 6.07) is 20.5. The van der Waals surface area contributed by atoms with Crippen LogP contribution in [0.2, 0.25) is 0 Å². The van der Waals surface area contributed by atoms with Crippen LogP contribution in [0.4, 0.5) is 0 Å². The van der Waals surface area contributed by atoms with Gasteiger partial charge in [-0.1, -0.05) is 76.2 Å².